The summed E-state index contributed by atoms with van der Waals surface area (Å²) in [5, 5.41) is 16.6. The number of rotatable bonds is 5. The van der Waals surface area contributed by atoms with Crippen molar-refractivity contribution < 1.29 is 22.7 Å². The van der Waals surface area contributed by atoms with E-state index in [2.05, 4.69) is 20.4 Å². The van der Waals surface area contributed by atoms with E-state index < -0.39 is 23.7 Å². The lowest BCUT2D eigenvalue weighted by Gasteiger charge is -2.10. The first-order valence-electron chi connectivity index (χ1n) is 8.34. The number of aryl methyl sites for hydroxylation is 1. The first kappa shape index (κ1) is 22.6. The summed E-state index contributed by atoms with van der Waals surface area (Å²) in [5.41, 5.74) is -0.0241. The second-order valence-corrected chi connectivity index (χ2v) is 6.29. The third-order valence-corrected chi connectivity index (χ3v) is 3.80. The number of hydrogen-bond donors (Lipinski definition) is 2. The molecule has 3 rings (SSSR count). The van der Waals surface area contributed by atoms with E-state index in [4.69, 9.17) is 0 Å². The number of aromatic nitrogens is 4. The molecule has 0 aliphatic heterocycles. The molecule has 2 N–H and O–H groups in total. The van der Waals surface area contributed by atoms with Crippen LogP contribution in [0.3, 0.4) is 0 Å². The molecule has 3 aromatic rings. The van der Waals surface area contributed by atoms with Crippen LogP contribution in [0, 0.1) is 12.7 Å². The van der Waals surface area contributed by atoms with Crippen LogP contribution in [0.5, 0.6) is 0 Å². The van der Waals surface area contributed by atoms with Crippen LogP contribution in [0.4, 0.5) is 29.2 Å². The van der Waals surface area contributed by atoms with Crippen molar-refractivity contribution in [1.29, 1.82) is 0 Å². The summed E-state index contributed by atoms with van der Waals surface area (Å²) in [4.78, 5) is 8.35. The molecule has 1 unspecified atom stereocenters. The first-order chi connectivity index (χ1) is 13.1. The summed E-state index contributed by atoms with van der Waals surface area (Å²) >= 11 is 0. The number of halogens is 4. The number of benzene rings is 1. The third-order valence-electron chi connectivity index (χ3n) is 3.80. The lowest BCUT2D eigenvalue weighted by Crippen LogP contribution is -2.11. The Morgan fingerprint density at radius 2 is 1.93 bits per heavy atom. The zero-order chi connectivity index (χ0) is 20.5. The number of hydrogen-bond acceptors (Lipinski definition) is 5. The molecule has 156 valence electrons. The number of pyridine rings is 1. The topological polar surface area (TPSA) is 75.9 Å². The minimum Gasteiger partial charge on any atom is -0.393 e. The van der Waals surface area contributed by atoms with E-state index in [1.165, 1.54) is 4.68 Å². The fraction of sp³-hybridized carbons (Fsp3) is 0.278. The molecule has 0 spiro atoms. The van der Waals surface area contributed by atoms with Crippen molar-refractivity contribution in [3.05, 3.63) is 59.4 Å². The van der Waals surface area contributed by atoms with Gasteiger partial charge < -0.3 is 10.4 Å². The Labute approximate surface area is 171 Å². The van der Waals surface area contributed by atoms with Gasteiger partial charge in [-0.15, -0.1) is 5.10 Å². The SMILES string of the molecule is Cc1cc(-n2nc(Nc3ccc(F)c(C(F)(F)F)c3)nc2CC(C)O)ccn1.S. The molecule has 29 heavy (non-hydrogen) atoms. The minimum absolute atomic E-state index is 0. The van der Waals surface area contributed by atoms with Gasteiger partial charge in [0.1, 0.15) is 11.6 Å². The van der Waals surface area contributed by atoms with Crippen LogP contribution in [0.1, 0.15) is 24.0 Å². The highest BCUT2D eigenvalue weighted by Gasteiger charge is 2.34. The van der Waals surface area contributed by atoms with E-state index in [-0.39, 0.29) is 31.6 Å². The van der Waals surface area contributed by atoms with Crippen LogP contribution in [-0.2, 0) is 12.6 Å². The van der Waals surface area contributed by atoms with E-state index in [9.17, 15) is 22.7 Å². The van der Waals surface area contributed by atoms with Gasteiger partial charge >= 0.3 is 6.18 Å². The molecule has 6 nitrogen and oxygen atoms in total. The van der Waals surface area contributed by atoms with Crippen molar-refractivity contribution in [1.82, 2.24) is 19.7 Å². The number of aliphatic hydroxyl groups excluding tert-OH is 1. The van der Waals surface area contributed by atoms with Gasteiger partial charge in [0.25, 0.3) is 0 Å². The highest BCUT2D eigenvalue weighted by molar-refractivity contribution is 7.59. The molecule has 11 heteroatoms. The van der Waals surface area contributed by atoms with Gasteiger partial charge in [0, 0.05) is 24.0 Å². The van der Waals surface area contributed by atoms with Crippen LogP contribution in [0.15, 0.2) is 36.5 Å². The van der Waals surface area contributed by atoms with Crippen LogP contribution in [0.2, 0.25) is 0 Å². The lowest BCUT2D eigenvalue weighted by atomic mass is 10.2. The largest absolute Gasteiger partial charge is 0.419 e. The van der Waals surface area contributed by atoms with Gasteiger partial charge in [-0.3, -0.25) is 4.98 Å². The normalized spacial score (nSPS) is 12.4. The fourth-order valence-electron chi connectivity index (χ4n) is 2.61. The molecule has 0 aliphatic rings. The van der Waals surface area contributed by atoms with Gasteiger partial charge in [-0.25, -0.2) is 9.07 Å². The molecule has 0 fully saturated rings. The zero-order valence-corrected chi connectivity index (χ0v) is 16.5. The van der Waals surface area contributed by atoms with Crippen molar-refractivity contribution in [2.75, 3.05) is 5.32 Å². The monoisotopic (exact) mass is 429 g/mol. The molecule has 1 atom stereocenters. The predicted molar refractivity (Wildman–Crippen MR) is 104 cm³/mol. The van der Waals surface area contributed by atoms with E-state index in [0.717, 1.165) is 17.8 Å². The molecule has 0 aliphatic carbocycles. The van der Waals surface area contributed by atoms with Crippen molar-refractivity contribution in [2.24, 2.45) is 0 Å². The molecular formula is C18H19F4N5OS. The van der Waals surface area contributed by atoms with E-state index in [1.54, 1.807) is 32.2 Å². The van der Waals surface area contributed by atoms with Gasteiger partial charge in [-0.05, 0) is 44.2 Å². The Morgan fingerprint density at radius 1 is 1.21 bits per heavy atom. The van der Waals surface area contributed by atoms with E-state index >= 15 is 0 Å². The summed E-state index contributed by atoms with van der Waals surface area (Å²) < 4.78 is 53.6. The van der Waals surface area contributed by atoms with Crippen LogP contribution in [0.25, 0.3) is 5.69 Å². The molecule has 0 radical (unpaired) electrons. The van der Waals surface area contributed by atoms with E-state index in [1.807, 2.05) is 0 Å². The van der Waals surface area contributed by atoms with Gasteiger partial charge in [0.2, 0.25) is 5.95 Å². The Kier molecular flexibility index (Phi) is 6.85. The van der Waals surface area contributed by atoms with Crippen LogP contribution < -0.4 is 5.32 Å². The van der Waals surface area contributed by atoms with Crippen molar-refractivity contribution >= 4 is 25.1 Å². The van der Waals surface area contributed by atoms with Gasteiger partial charge in [-0.1, -0.05) is 0 Å². The van der Waals surface area contributed by atoms with Crippen LogP contribution in [-0.4, -0.2) is 31.0 Å². The summed E-state index contributed by atoms with van der Waals surface area (Å²) in [6.07, 6.45) is -3.77. The maximum atomic E-state index is 13.5. The molecule has 0 amide bonds. The smallest absolute Gasteiger partial charge is 0.393 e. The number of nitrogens with one attached hydrogen (secondary N) is 1. The summed E-state index contributed by atoms with van der Waals surface area (Å²) in [6.45, 7) is 3.38. The van der Waals surface area contributed by atoms with Crippen molar-refractivity contribution in [2.45, 2.75) is 32.5 Å². The summed E-state index contributed by atoms with van der Waals surface area (Å²) in [7, 11) is 0. The molecular weight excluding hydrogens is 410 g/mol. The number of alkyl halides is 3. The standard InChI is InChI=1S/C18H17F4N5O.H2S/c1-10-7-13(5-6-23-10)27-16(8-11(2)28)25-17(26-27)24-12-3-4-15(19)14(9-12)18(20,21)22;/h3-7,9,11,28H,8H2,1-2H3,(H,24,26);1H2. The van der Waals surface area contributed by atoms with Gasteiger partial charge in [0.15, 0.2) is 0 Å². The van der Waals surface area contributed by atoms with E-state index in [0.29, 0.717) is 17.6 Å². The number of nitrogens with zero attached hydrogens (tertiary/aromatic N) is 4. The van der Waals surface area contributed by atoms with Crippen molar-refractivity contribution in [3.8, 4) is 5.69 Å². The fourth-order valence-corrected chi connectivity index (χ4v) is 2.61. The zero-order valence-electron chi connectivity index (χ0n) is 15.5. The predicted octanol–water partition coefficient (Wildman–Crippen LogP) is 3.91. The molecule has 0 bridgehead atoms. The minimum atomic E-state index is -4.82. The molecule has 2 aromatic heterocycles. The highest BCUT2D eigenvalue weighted by Crippen LogP contribution is 2.33. The Balaban J connectivity index is 0.00000300. The Morgan fingerprint density at radius 3 is 2.55 bits per heavy atom. The lowest BCUT2D eigenvalue weighted by molar-refractivity contribution is -0.139. The average molecular weight is 429 g/mol. The summed E-state index contributed by atoms with van der Waals surface area (Å²) in [5.74, 6) is -0.940. The Bertz CT molecular complexity index is 991. The van der Waals surface area contributed by atoms with Gasteiger partial charge in [-0.2, -0.15) is 31.7 Å². The van der Waals surface area contributed by atoms with Gasteiger partial charge in [0.05, 0.1) is 17.4 Å². The molecule has 0 saturated carbocycles. The molecule has 1 aromatic carbocycles. The van der Waals surface area contributed by atoms with Crippen molar-refractivity contribution in [3.63, 3.8) is 0 Å². The first-order valence-corrected chi connectivity index (χ1v) is 8.34. The Hall–Kier alpha value is -2.66. The summed E-state index contributed by atoms with van der Waals surface area (Å²) in [6, 6.07) is 5.99. The molecule has 2 heterocycles. The second-order valence-electron chi connectivity index (χ2n) is 6.29. The maximum Gasteiger partial charge on any atom is 0.419 e. The van der Waals surface area contributed by atoms with Crippen LogP contribution >= 0.6 is 13.5 Å². The highest BCUT2D eigenvalue weighted by atomic mass is 32.1. The number of anilines is 2. The number of aliphatic hydroxyl groups is 1. The average Bonchev–Trinajstić information content (AvgIpc) is 2.97. The second kappa shape index (κ2) is 8.78. The third kappa shape index (κ3) is 5.45. The quantitative estimate of drug-likeness (QED) is 0.602. The maximum absolute atomic E-state index is 13.5. The molecule has 0 saturated heterocycles.